The normalized spacial score (nSPS) is 10.1. The highest BCUT2D eigenvalue weighted by molar-refractivity contribution is 6.29. The van der Waals surface area contributed by atoms with E-state index in [9.17, 15) is 0 Å². The Hall–Kier alpha value is -2.12. The molecule has 0 atom stereocenters. The summed E-state index contributed by atoms with van der Waals surface area (Å²) < 4.78 is 5.33. The summed E-state index contributed by atoms with van der Waals surface area (Å²) in [5.74, 6) is 1.35. The average molecular weight is 288 g/mol. The number of aryl methyl sites for hydroxylation is 1. The Labute approximate surface area is 123 Å². The Kier molecular flexibility index (Phi) is 4.54. The van der Waals surface area contributed by atoms with Crippen LogP contribution in [0.5, 0.6) is 5.75 Å². The fraction of sp³-hybridized carbons (Fsp3) is 0.267. The zero-order chi connectivity index (χ0) is 14.5. The smallest absolute Gasteiger partial charge is 0.133 e. The minimum Gasteiger partial charge on any atom is -0.496 e. The summed E-state index contributed by atoms with van der Waals surface area (Å²) in [4.78, 5) is 8.69. The summed E-state index contributed by atoms with van der Waals surface area (Å²) in [5.41, 5.74) is 1.96. The summed E-state index contributed by atoms with van der Waals surface area (Å²) in [6.45, 7) is 2.06. The van der Waals surface area contributed by atoms with Gasteiger partial charge in [-0.25, -0.2) is 9.97 Å². The van der Waals surface area contributed by atoms with Crippen molar-refractivity contribution in [2.75, 3.05) is 7.11 Å². The summed E-state index contributed by atoms with van der Waals surface area (Å²) in [6, 6.07) is 8.99. The molecule has 0 radical (unpaired) electrons. The topological polar surface area (TPSA) is 58.8 Å². The first kappa shape index (κ1) is 14.3. The Bertz CT molecular complexity index is 665. The van der Waals surface area contributed by atoms with Gasteiger partial charge in [0.2, 0.25) is 0 Å². The SMILES string of the molecule is CCCc1nc(Cl)cc(-c2cc(C#N)ccc2OC)n1. The lowest BCUT2D eigenvalue weighted by Crippen LogP contribution is -1.98. The van der Waals surface area contributed by atoms with Crippen molar-refractivity contribution in [2.24, 2.45) is 0 Å². The van der Waals surface area contributed by atoms with E-state index in [0.717, 1.165) is 18.4 Å². The van der Waals surface area contributed by atoms with Crippen LogP contribution in [-0.4, -0.2) is 17.1 Å². The summed E-state index contributed by atoms with van der Waals surface area (Å²) >= 11 is 6.05. The van der Waals surface area contributed by atoms with E-state index in [0.29, 0.717) is 28.0 Å². The van der Waals surface area contributed by atoms with Crippen LogP contribution in [0.25, 0.3) is 11.3 Å². The second kappa shape index (κ2) is 6.36. The second-order valence-corrected chi connectivity index (χ2v) is 4.66. The van der Waals surface area contributed by atoms with E-state index in [1.807, 2.05) is 0 Å². The maximum absolute atomic E-state index is 9.02. The molecule has 0 unspecified atom stereocenters. The standard InChI is InChI=1S/C15H14ClN3O/c1-3-4-15-18-12(8-14(16)19-15)11-7-10(9-17)5-6-13(11)20-2/h5-8H,3-4H2,1-2H3. The number of benzene rings is 1. The van der Waals surface area contributed by atoms with Gasteiger partial charge in [0.15, 0.2) is 0 Å². The van der Waals surface area contributed by atoms with Crippen LogP contribution in [0.1, 0.15) is 24.7 Å². The lowest BCUT2D eigenvalue weighted by molar-refractivity contribution is 0.416. The van der Waals surface area contributed by atoms with E-state index in [2.05, 4.69) is 23.0 Å². The van der Waals surface area contributed by atoms with Crippen LogP contribution in [0.15, 0.2) is 24.3 Å². The van der Waals surface area contributed by atoms with E-state index in [1.54, 1.807) is 31.4 Å². The number of halogens is 1. The van der Waals surface area contributed by atoms with Crippen LogP contribution < -0.4 is 4.74 Å². The predicted molar refractivity (Wildman–Crippen MR) is 77.7 cm³/mol. The molecule has 1 aromatic heterocycles. The molecule has 1 aromatic carbocycles. The van der Waals surface area contributed by atoms with Crippen molar-refractivity contribution in [2.45, 2.75) is 19.8 Å². The van der Waals surface area contributed by atoms with Crippen molar-refractivity contribution in [3.63, 3.8) is 0 Å². The zero-order valence-corrected chi connectivity index (χ0v) is 12.1. The molecular formula is C15H14ClN3O. The van der Waals surface area contributed by atoms with Crippen LogP contribution >= 0.6 is 11.6 Å². The minimum absolute atomic E-state index is 0.392. The number of hydrogen-bond acceptors (Lipinski definition) is 4. The molecule has 0 aliphatic heterocycles. The molecule has 2 aromatic rings. The van der Waals surface area contributed by atoms with Gasteiger partial charge in [0.25, 0.3) is 0 Å². The third kappa shape index (κ3) is 3.06. The Morgan fingerprint density at radius 2 is 2.10 bits per heavy atom. The van der Waals surface area contributed by atoms with Crippen molar-refractivity contribution in [1.29, 1.82) is 5.26 Å². The number of rotatable bonds is 4. The predicted octanol–water partition coefficient (Wildman–Crippen LogP) is 3.63. The van der Waals surface area contributed by atoms with Gasteiger partial charge < -0.3 is 4.74 Å². The van der Waals surface area contributed by atoms with Gasteiger partial charge in [-0.3, -0.25) is 0 Å². The molecule has 2 rings (SSSR count). The fourth-order valence-corrected chi connectivity index (χ4v) is 2.12. The molecule has 0 saturated carbocycles. The molecule has 102 valence electrons. The lowest BCUT2D eigenvalue weighted by Gasteiger charge is -2.09. The molecule has 20 heavy (non-hydrogen) atoms. The molecule has 0 aliphatic rings. The van der Waals surface area contributed by atoms with E-state index in [1.165, 1.54) is 0 Å². The van der Waals surface area contributed by atoms with Gasteiger partial charge in [-0.1, -0.05) is 18.5 Å². The first-order chi connectivity index (χ1) is 9.67. The van der Waals surface area contributed by atoms with Crippen molar-refractivity contribution in [3.05, 3.63) is 40.8 Å². The minimum atomic E-state index is 0.392. The van der Waals surface area contributed by atoms with Gasteiger partial charge in [-0.15, -0.1) is 0 Å². The monoisotopic (exact) mass is 287 g/mol. The van der Waals surface area contributed by atoms with Gasteiger partial charge in [0.1, 0.15) is 16.7 Å². The van der Waals surface area contributed by atoms with Gasteiger partial charge in [-0.2, -0.15) is 5.26 Å². The molecular weight excluding hydrogens is 274 g/mol. The maximum atomic E-state index is 9.02. The van der Waals surface area contributed by atoms with Crippen molar-refractivity contribution in [1.82, 2.24) is 9.97 Å². The highest BCUT2D eigenvalue weighted by atomic mass is 35.5. The molecule has 5 heteroatoms. The van der Waals surface area contributed by atoms with Crippen LogP contribution in [0.3, 0.4) is 0 Å². The molecule has 0 spiro atoms. The van der Waals surface area contributed by atoms with E-state index in [4.69, 9.17) is 21.6 Å². The van der Waals surface area contributed by atoms with Crippen LogP contribution in [0.4, 0.5) is 0 Å². The van der Waals surface area contributed by atoms with Crippen LogP contribution in [0, 0.1) is 11.3 Å². The third-order valence-electron chi connectivity index (χ3n) is 2.82. The van der Waals surface area contributed by atoms with E-state index < -0.39 is 0 Å². The molecule has 0 amide bonds. The van der Waals surface area contributed by atoms with Crippen molar-refractivity contribution in [3.8, 4) is 23.1 Å². The zero-order valence-electron chi connectivity index (χ0n) is 11.4. The number of hydrogen-bond donors (Lipinski definition) is 0. The van der Waals surface area contributed by atoms with Gasteiger partial charge in [0, 0.05) is 18.1 Å². The summed E-state index contributed by atoms with van der Waals surface area (Å²) in [6.07, 6.45) is 1.70. The number of nitrogens with zero attached hydrogens (tertiary/aromatic N) is 3. The van der Waals surface area contributed by atoms with Gasteiger partial charge in [-0.05, 0) is 24.6 Å². The van der Waals surface area contributed by atoms with Crippen molar-refractivity contribution >= 4 is 11.6 Å². The highest BCUT2D eigenvalue weighted by Gasteiger charge is 2.11. The Morgan fingerprint density at radius 3 is 2.75 bits per heavy atom. The number of ether oxygens (including phenoxy) is 1. The Morgan fingerprint density at radius 1 is 1.30 bits per heavy atom. The van der Waals surface area contributed by atoms with E-state index in [-0.39, 0.29) is 0 Å². The first-order valence-corrected chi connectivity index (χ1v) is 6.67. The maximum Gasteiger partial charge on any atom is 0.133 e. The number of nitriles is 1. The average Bonchev–Trinajstić information content (AvgIpc) is 2.46. The van der Waals surface area contributed by atoms with Crippen LogP contribution in [0.2, 0.25) is 5.15 Å². The quantitative estimate of drug-likeness (QED) is 0.806. The fourth-order valence-electron chi connectivity index (χ4n) is 1.92. The molecule has 0 aliphatic carbocycles. The van der Waals surface area contributed by atoms with E-state index >= 15 is 0 Å². The Balaban J connectivity index is 2.58. The van der Waals surface area contributed by atoms with Gasteiger partial charge in [0.05, 0.1) is 24.4 Å². The summed E-state index contributed by atoms with van der Waals surface area (Å²) in [7, 11) is 1.58. The third-order valence-corrected chi connectivity index (χ3v) is 3.01. The second-order valence-electron chi connectivity index (χ2n) is 4.27. The molecule has 0 N–H and O–H groups in total. The number of methoxy groups -OCH3 is 1. The summed E-state index contributed by atoms with van der Waals surface area (Å²) in [5, 5.41) is 9.41. The molecule has 0 bridgehead atoms. The first-order valence-electron chi connectivity index (χ1n) is 6.30. The molecule has 0 saturated heterocycles. The van der Waals surface area contributed by atoms with Gasteiger partial charge >= 0.3 is 0 Å². The lowest BCUT2D eigenvalue weighted by atomic mass is 10.1. The highest BCUT2D eigenvalue weighted by Crippen LogP contribution is 2.30. The van der Waals surface area contributed by atoms with Crippen molar-refractivity contribution < 1.29 is 4.74 Å². The van der Waals surface area contributed by atoms with Crippen LogP contribution in [-0.2, 0) is 6.42 Å². The molecule has 0 fully saturated rings. The number of aromatic nitrogens is 2. The largest absolute Gasteiger partial charge is 0.496 e. The molecule has 4 nitrogen and oxygen atoms in total. The molecule has 1 heterocycles.